The van der Waals surface area contributed by atoms with Crippen molar-refractivity contribution in [1.29, 1.82) is 0 Å². The van der Waals surface area contributed by atoms with Gasteiger partial charge in [0.15, 0.2) is 0 Å². The second kappa shape index (κ2) is 7.67. The molecule has 1 rings (SSSR count). The maximum atomic E-state index is 12.2. The normalized spacial score (nSPS) is 9.38. The summed E-state index contributed by atoms with van der Waals surface area (Å²) in [4.78, 5) is 35.1. The van der Waals surface area contributed by atoms with Crippen LogP contribution in [-0.4, -0.2) is 42.3 Å². The Balaban J connectivity index is 2.92. The third-order valence-corrected chi connectivity index (χ3v) is 2.45. The Kier molecular flexibility index (Phi) is 5.92. The van der Waals surface area contributed by atoms with Crippen LogP contribution in [0.15, 0.2) is 24.3 Å². The van der Waals surface area contributed by atoms with Crippen molar-refractivity contribution in [2.75, 3.05) is 19.6 Å². The van der Waals surface area contributed by atoms with Gasteiger partial charge in [0.2, 0.25) is 11.8 Å². The molecule has 0 aliphatic carbocycles. The first-order chi connectivity index (χ1) is 9.93. The number of nitrogens with two attached hydrogens (primary N) is 3. The van der Waals surface area contributed by atoms with Gasteiger partial charge >= 0.3 is 0 Å². The highest BCUT2D eigenvalue weighted by Gasteiger charge is 2.19. The standard InChI is InChI=1S/C14H16N4O3/c15-7-1-2-10-3-5-11(6-4-10)14(21)18(8-12(16)19)9-13(17)20/h3-6H,7-9,15H2,(H2,16,19)(H2,17,20). The summed E-state index contributed by atoms with van der Waals surface area (Å²) in [6.07, 6.45) is 0. The molecular weight excluding hydrogens is 272 g/mol. The molecule has 0 spiro atoms. The van der Waals surface area contributed by atoms with E-state index in [0.29, 0.717) is 11.1 Å². The summed E-state index contributed by atoms with van der Waals surface area (Å²) in [5.74, 6) is 3.54. The maximum absolute atomic E-state index is 12.2. The minimum Gasteiger partial charge on any atom is -0.368 e. The number of amides is 3. The molecule has 0 unspecified atom stereocenters. The van der Waals surface area contributed by atoms with Gasteiger partial charge in [0.1, 0.15) is 13.1 Å². The molecule has 21 heavy (non-hydrogen) atoms. The van der Waals surface area contributed by atoms with E-state index in [2.05, 4.69) is 11.8 Å². The fraction of sp³-hybridized carbons (Fsp3) is 0.214. The van der Waals surface area contributed by atoms with Crippen molar-refractivity contribution in [2.24, 2.45) is 17.2 Å². The van der Waals surface area contributed by atoms with Crippen molar-refractivity contribution in [3.05, 3.63) is 35.4 Å². The van der Waals surface area contributed by atoms with Crippen molar-refractivity contribution in [2.45, 2.75) is 0 Å². The molecule has 0 atom stereocenters. The van der Waals surface area contributed by atoms with E-state index in [1.807, 2.05) is 0 Å². The van der Waals surface area contributed by atoms with Gasteiger partial charge in [-0.15, -0.1) is 0 Å². The monoisotopic (exact) mass is 288 g/mol. The molecule has 0 saturated carbocycles. The molecule has 3 amide bonds. The van der Waals surface area contributed by atoms with Crippen LogP contribution < -0.4 is 17.2 Å². The van der Waals surface area contributed by atoms with Crippen molar-refractivity contribution in [1.82, 2.24) is 4.90 Å². The lowest BCUT2D eigenvalue weighted by Gasteiger charge is -2.19. The Morgan fingerprint density at radius 1 is 1.00 bits per heavy atom. The zero-order valence-corrected chi connectivity index (χ0v) is 11.3. The zero-order valence-electron chi connectivity index (χ0n) is 11.3. The third-order valence-electron chi connectivity index (χ3n) is 2.45. The molecule has 6 N–H and O–H groups in total. The quantitative estimate of drug-likeness (QED) is 0.563. The van der Waals surface area contributed by atoms with Crippen LogP contribution in [0, 0.1) is 11.8 Å². The number of benzene rings is 1. The third kappa shape index (κ3) is 5.34. The zero-order chi connectivity index (χ0) is 15.8. The summed E-state index contributed by atoms with van der Waals surface area (Å²) in [5.41, 5.74) is 16.4. The second-order valence-corrected chi connectivity index (χ2v) is 4.18. The van der Waals surface area contributed by atoms with Gasteiger partial charge in [0, 0.05) is 11.1 Å². The van der Waals surface area contributed by atoms with Gasteiger partial charge in [-0.05, 0) is 24.3 Å². The maximum Gasteiger partial charge on any atom is 0.254 e. The topological polar surface area (TPSA) is 133 Å². The lowest BCUT2D eigenvalue weighted by atomic mass is 10.1. The van der Waals surface area contributed by atoms with E-state index in [-0.39, 0.29) is 19.6 Å². The first-order valence-electron chi connectivity index (χ1n) is 6.09. The molecule has 0 aliphatic rings. The number of carbonyl (C=O) groups excluding carboxylic acids is 3. The highest BCUT2D eigenvalue weighted by Crippen LogP contribution is 2.07. The summed E-state index contributed by atoms with van der Waals surface area (Å²) in [5, 5.41) is 0. The van der Waals surface area contributed by atoms with Gasteiger partial charge in [0.25, 0.3) is 5.91 Å². The number of carbonyl (C=O) groups is 3. The van der Waals surface area contributed by atoms with Crippen molar-refractivity contribution in [3.63, 3.8) is 0 Å². The Morgan fingerprint density at radius 3 is 1.95 bits per heavy atom. The fourth-order valence-corrected chi connectivity index (χ4v) is 1.61. The summed E-state index contributed by atoms with van der Waals surface area (Å²) < 4.78 is 0. The molecule has 0 aromatic heterocycles. The Hall–Kier alpha value is -2.85. The fourth-order valence-electron chi connectivity index (χ4n) is 1.61. The van der Waals surface area contributed by atoms with E-state index in [4.69, 9.17) is 17.2 Å². The predicted octanol–water partition coefficient (Wildman–Crippen LogP) is -1.59. The molecule has 0 aliphatic heterocycles. The number of rotatable bonds is 5. The predicted molar refractivity (Wildman–Crippen MR) is 76.7 cm³/mol. The summed E-state index contributed by atoms with van der Waals surface area (Å²) in [6.45, 7) is -0.515. The molecule has 0 bridgehead atoms. The largest absolute Gasteiger partial charge is 0.368 e. The Bertz CT molecular complexity index is 583. The van der Waals surface area contributed by atoms with Crippen LogP contribution in [0.1, 0.15) is 15.9 Å². The van der Waals surface area contributed by atoms with Crippen LogP contribution in [0.4, 0.5) is 0 Å². The van der Waals surface area contributed by atoms with Crippen molar-refractivity contribution >= 4 is 17.7 Å². The van der Waals surface area contributed by atoms with Gasteiger partial charge in [0.05, 0.1) is 6.54 Å². The summed E-state index contributed by atoms with van der Waals surface area (Å²) in [6, 6.07) is 6.36. The first-order valence-corrected chi connectivity index (χ1v) is 6.09. The molecular formula is C14H16N4O3. The number of nitrogens with zero attached hydrogens (tertiary/aromatic N) is 1. The van der Waals surface area contributed by atoms with E-state index in [0.717, 1.165) is 4.90 Å². The van der Waals surface area contributed by atoms with Crippen LogP contribution in [0.2, 0.25) is 0 Å². The molecule has 110 valence electrons. The highest BCUT2D eigenvalue weighted by molar-refractivity contribution is 5.98. The lowest BCUT2D eigenvalue weighted by Crippen LogP contribution is -2.43. The highest BCUT2D eigenvalue weighted by atomic mass is 16.2. The summed E-state index contributed by atoms with van der Waals surface area (Å²) >= 11 is 0. The lowest BCUT2D eigenvalue weighted by molar-refractivity contribution is -0.121. The SMILES string of the molecule is NCC#Cc1ccc(C(=O)N(CC(N)=O)CC(N)=O)cc1. The molecule has 0 saturated heterocycles. The van der Waals surface area contributed by atoms with E-state index in [1.54, 1.807) is 12.1 Å². The molecule has 1 aromatic rings. The molecule has 1 aromatic carbocycles. The van der Waals surface area contributed by atoms with Gasteiger partial charge in [-0.2, -0.15) is 0 Å². The van der Waals surface area contributed by atoms with E-state index >= 15 is 0 Å². The van der Waals surface area contributed by atoms with E-state index in [1.165, 1.54) is 12.1 Å². The number of hydrogen-bond donors (Lipinski definition) is 3. The van der Waals surface area contributed by atoms with Gasteiger partial charge < -0.3 is 22.1 Å². The number of primary amides is 2. The van der Waals surface area contributed by atoms with Crippen molar-refractivity contribution < 1.29 is 14.4 Å². The van der Waals surface area contributed by atoms with Gasteiger partial charge in [-0.3, -0.25) is 14.4 Å². The van der Waals surface area contributed by atoms with Crippen molar-refractivity contribution in [3.8, 4) is 11.8 Å². The Morgan fingerprint density at radius 2 is 1.52 bits per heavy atom. The van der Waals surface area contributed by atoms with Crippen LogP contribution >= 0.6 is 0 Å². The van der Waals surface area contributed by atoms with Gasteiger partial charge in [-0.25, -0.2) is 0 Å². The average molecular weight is 288 g/mol. The molecule has 0 heterocycles. The van der Waals surface area contributed by atoms with Crippen LogP contribution in [0.5, 0.6) is 0 Å². The molecule has 7 heteroatoms. The van der Waals surface area contributed by atoms with Crippen LogP contribution in [-0.2, 0) is 9.59 Å². The van der Waals surface area contributed by atoms with Crippen LogP contribution in [0.3, 0.4) is 0 Å². The smallest absolute Gasteiger partial charge is 0.254 e. The minimum atomic E-state index is -0.727. The molecule has 0 radical (unpaired) electrons. The second-order valence-electron chi connectivity index (χ2n) is 4.18. The van der Waals surface area contributed by atoms with Gasteiger partial charge in [-0.1, -0.05) is 11.8 Å². The first kappa shape index (κ1) is 16.2. The van der Waals surface area contributed by atoms with Crippen LogP contribution in [0.25, 0.3) is 0 Å². The summed E-state index contributed by atoms with van der Waals surface area (Å²) in [7, 11) is 0. The van der Waals surface area contributed by atoms with E-state index in [9.17, 15) is 14.4 Å². The molecule has 0 fully saturated rings. The number of hydrogen-bond acceptors (Lipinski definition) is 4. The Labute approximate surface area is 122 Å². The van der Waals surface area contributed by atoms with E-state index < -0.39 is 17.7 Å². The minimum absolute atomic E-state index is 0.242. The molecule has 7 nitrogen and oxygen atoms in total. The average Bonchev–Trinajstić information content (AvgIpc) is 2.43.